The Balaban J connectivity index is 2.19. The average molecular weight is 264 g/mol. The van der Waals surface area contributed by atoms with Gasteiger partial charge in [-0.2, -0.15) is 0 Å². The van der Waals surface area contributed by atoms with Crippen LogP contribution >= 0.6 is 0 Å². The molecule has 3 heteroatoms. The average Bonchev–Trinajstić information content (AvgIpc) is 3.18. The number of nitrogens with one attached hydrogen (secondary N) is 1. The Morgan fingerprint density at radius 3 is 2.68 bits per heavy atom. The first kappa shape index (κ1) is 14.3. The highest BCUT2D eigenvalue weighted by Crippen LogP contribution is 2.26. The molecule has 1 aliphatic rings. The van der Waals surface area contributed by atoms with Crippen LogP contribution in [-0.4, -0.2) is 18.6 Å². The van der Waals surface area contributed by atoms with Crippen LogP contribution in [0.3, 0.4) is 0 Å². The molecule has 1 aliphatic carbocycles. The largest absolute Gasteiger partial charge is 0.369 e. The van der Waals surface area contributed by atoms with Crippen molar-refractivity contribution in [2.24, 2.45) is 0 Å². The predicted molar refractivity (Wildman–Crippen MR) is 79.0 cm³/mol. The van der Waals surface area contributed by atoms with Crippen molar-refractivity contribution in [2.45, 2.75) is 58.7 Å². The van der Waals surface area contributed by atoms with Gasteiger partial charge in [-0.1, -0.05) is 6.92 Å². The van der Waals surface area contributed by atoms with E-state index >= 15 is 0 Å². The van der Waals surface area contributed by atoms with Gasteiger partial charge in [0, 0.05) is 30.9 Å². The zero-order valence-corrected chi connectivity index (χ0v) is 12.2. The summed E-state index contributed by atoms with van der Waals surface area (Å²) in [5.74, 6) is -0.142. The van der Waals surface area contributed by atoms with Gasteiger partial charge in [0.2, 0.25) is 0 Å². The van der Waals surface area contributed by atoms with Gasteiger partial charge in [0.1, 0.15) is 5.82 Å². The Hall–Kier alpha value is -1.09. The van der Waals surface area contributed by atoms with Crippen molar-refractivity contribution in [3.63, 3.8) is 0 Å². The van der Waals surface area contributed by atoms with E-state index in [4.69, 9.17) is 0 Å². The smallest absolute Gasteiger partial charge is 0.123 e. The second-order valence-electron chi connectivity index (χ2n) is 5.72. The highest BCUT2D eigenvalue weighted by atomic mass is 19.1. The molecule has 0 atom stereocenters. The second kappa shape index (κ2) is 6.38. The molecule has 106 valence electrons. The van der Waals surface area contributed by atoms with Gasteiger partial charge in [-0.3, -0.25) is 0 Å². The molecule has 0 radical (unpaired) electrons. The second-order valence-corrected chi connectivity index (χ2v) is 5.72. The van der Waals surface area contributed by atoms with E-state index in [1.165, 1.54) is 18.5 Å². The molecule has 1 N–H and O–H groups in total. The van der Waals surface area contributed by atoms with Gasteiger partial charge < -0.3 is 10.2 Å². The van der Waals surface area contributed by atoms with Crippen LogP contribution in [0, 0.1) is 5.82 Å². The summed E-state index contributed by atoms with van der Waals surface area (Å²) in [6.45, 7) is 8.35. The van der Waals surface area contributed by atoms with E-state index in [-0.39, 0.29) is 5.82 Å². The number of anilines is 1. The van der Waals surface area contributed by atoms with Gasteiger partial charge in [-0.25, -0.2) is 4.39 Å². The maximum Gasteiger partial charge on any atom is 0.123 e. The van der Waals surface area contributed by atoms with E-state index in [1.54, 1.807) is 12.1 Å². The monoisotopic (exact) mass is 264 g/mol. The Morgan fingerprint density at radius 2 is 2.11 bits per heavy atom. The summed E-state index contributed by atoms with van der Waals surface area (Å²) < 4.78 is 13.5. The minimum absolute atomic E-state index is 0.142. The lowest BCUT2D eigenvalue weighted by Crippen LogP contribution is -2.33. The molecule has 0 aliphatic heterocycles. The van der Waals surface area contributed by atoms with E-state index < -0.39 is 0 Å². The molecule has 0 amide bonds. The molecule has 0 bridgehead atoms. The molecule has 0 saturated heterocycles. The van der Waals surface area contributed by atoms with Gasteiger partial charge in [-0.15, -0.1) is 0 Å². The summed E-state index contributed by atoms with van der Waals surface area (Å²) in [5, 5.41) is 3.48. The van der Waals surface area contributed by atoms with Gasteiger partial charge in [0.05, 0.1) is 0 Å². The number of hydrogen-bond donors (Lipinski definition) is 1. The first-order valence-corrected chi connectivity index (χ1v) is 7.40. The minimum atomic E-state index is -0.142. The first-order valence-electron chi connectivity index (χ1n) is 7.40. The molecular weight excluding hydrogens is 239 g/mol. The number of rotatable bonds is 7. The van der Waals surface area contributed by atoms with Crippen LogP contribution in [0.15, 0.2) is 18.2 Å². The molecule has 1 aromatic rings. The van der Waals surface area contributed by atoms with E-state index in [9.17, 15) is 4.39 Å². The molecule has 1 fully saturated rings. The van der Waals surface area contributed by atoms with Crippen LogP contribution in [0.4, 0.5) is 10.1 Å². The molecule has 2 rings (SSSR count). The highest BCUT2D eigenvalue weighted by molar-refractivity contribution is 5.54. The summed E-state index contributed by atoms with van der Waals surface area (Å²) in [6.07, 6.45) is 3.62. The summed E-state index contributed by atoms with van der Waals surface area (Å²) >= 11 is 0. The van der Waals surface area contributed by atoms with Crippen LogP contribution in [0.2, 0.25) is 0 Å². The zero-order valence-electron chi connectivity index (χ0n) is 12.2. The normalized spacial score (nSPS) is 15.0. The number of benzene rings is 1. The van der Waals surface area contributed by atoms with E-state index in [2.05, 4.69) is 31.0 Å². The summed E-state index contributed by atoms with van der Waals surface area (Å²) in [4.78, 5) is 2.36. The van der Waals surface area contributed by atoms with Crippen molar-refractivity contribution in [2.75, 3.05) is 11.4 Å². The number of nitrogens with zero attached hydrogens (tertiary/aromatic N) is 1. The lowest BCUT2D eigenvalue weighted by atomic mass is 10.1. The van der Waals surface area contributed by atoms with E-state index in [1.807, 2.05) is 6.07 Å². The summed E-state index contributed by atoms with van der Waals surface area (Å²) in [5.41, 5.74) is 2.25. The maximum absolute atomic E-state index is 13.5. The predicted octanol–water partition coefficient (Wildman–Crippen LogP) is 3.70. The lowest BCUT2D eigenvalue weighted by molar-refractivity contribution is 0.613. The zero-order chi connectivity index (χ0) is 13.8. The molecule has 0 spiro atoms. The lowest BCUT2D eigenvalue weighted by Gasteiger charge is -2.31. The first-order chi connectivity index (χ1) is 9.11. The third-order valence-corrected chi connectivity index (χ3v) is 3.60. The Bertz CT molecular complexity index is 413. The van der Waals surface area contributed by atoms with E-state index in [0.717, 1.165) is 25.1 Å². The molecule has 1 aromatic carbocycles. The number of halogens is 1. The minimum Gasteiger partial charge on any atom is -0.369 e. The van der Waals surface area contributed by atoms with Crippen molar-refractivity contribution < 1.29 is 4.39 Å². The van der Waals surface area contributed by atoms with Gasteiger partial charge in [-0.05, 0) is 56.9 Å². The van der Waals surface area contributed by atoms with Crippen LogP contribution in [0.1, 0.15) is 45.6 Å². The molecule has 1 saturated carbocycles. The fourth-order valence-corrected chi connectivity index (χ4v) is 2.42. The number of hydrogen-bond acceptors (Lipinski definition) is 2. The van der Waals surface area contributed by atoms with Crippen LogP contribution in [0.25, 0.3) is 0 Å². The Labute approximate surface area is 116 Å². The van der Waals surface area contributed by atoms with Gasteiger partial charge in [0.15, 0.2) is 0 Å². The van der Waals surface area contributed by atoms with E-state index in [0.29, 0.717) is 12.1 Å². The molecule has 19 heavy (non-hydrogen) atoms. The van der Waals surface area contributed by atoms with Crippen LogP contribution in [-0.2, 0) is 6.54 Å². The standard InChI is InChI=1S/C16H25FN2/c1-4-9-19(12(2)3)16-8-5-14(17)10-13(16)11-18-15-6-7-15/h5,8,10,12,15,18H,4,6-7,9,11H2,1-3H3. The molecular formula is C16H25FN2. The van der Waals surface area contributed by atoms with Crippen molar-refractivity contribution in [3.8, 4) is 0 Å². The Morgan fingerprint density at radius 1 is 1.37 bits per heavy atom. The quantitative estimate of drug-likeness (QED) is 0.807. The molecule has 0 heterocycles. The Kier molecular flexibility index (Phi) is 4.81. The van der Waals surface area contributed by atoms with Crippen LogP contribution < -0.4 is 10.2 Å². The summed E-state index contributed by atoms with van der Waals surface area (Å²) in [6, 6.07) is 6.26. The molecule has 0 aromatic heterocycles. The third-order valence-electron chi connectivity index (χ3n) is 3.60. The molecule has 0 unspecified atom stereocenters. The van der Waals surface area contributed by atoms with Gasteiger partial charge >= 0.3 is 0 Å². The van der Waals surface area contributed by atoms with Crippen LogP contribution in [0.5, 0.6) is 0 Å². The SMILES string of the molecule is CCCN(c1ccc(F)cc1CNC1CC1)C(C)C. The topological polar surface area (TPSA) is 15.3 Å². The van der Waals surface area contributed by atoms with Crippen molar-refractivity contribution in [1.82, 2.24) is 5.32 Å². The maximum atomic E-state index is 13.5. The van der Waals surface area contributed by atoms with Crippen molar-refractivity contribution in [1.29, 1.82) is 0 Å². The van der Waals surface area contributed by atoms with Gasteiger partial charge in [0.25, 0.3) is 0 Å². The fraction of sp³-hybridized carbons (Fsp3) is 0.625. The summed E-state index contributed by atoms with van der Waals surface area (Å²) in [7, 11) is 0. The van der Waals surface area contributed by atoms with Crippen molar-refractivity contribution >= 4 is 5.69 Å². The molecule has 2 nitrogen and oxygen atoms in total. The third kappa shape index (κ3) is 3.93. The highest BCUT2D eigenvalue weighted by Gasteiger charge is 2.21. The fourth-order valence-electron chi connectivity index (χ4n) is 2.42. The van der Waals surface area contributed by atoms with Crippen molar-refractivity contribution in [3.05, 3.63) is 29.6 Å².